The van der Waals surface area contributed by atoms with Gasteiger partial charge in [0.25, 0.3) is 0 Å². The van der Waals surface area contributed by atoms with Crippen LogP contribution < -0.4 is 0 Å². The van der Waals surface area contributed by atoms with Gasteiger partial charge in [-0.1, -0.05) is 6.07 Å². The van der Waals surface area contributed by atoms with Crippen LogP contribution in [0.25, 0.3) is 0 Å². The summed E-state index contributed by atoms with van der Waals surface area (Å²) in [6.07, 6.45) is 2.85. The fourth-order valence-corrected chi connectivity index (χ4v) is 3.67. The van der Waals surface area contributed by atoms with Crippen LogP contribution in [0, 0.1) is 0 Å². The average Bonchev–Trinajstić information content (AvgIpc) is 2.45. The number of nitrogens with zero attached hydrogens (tertiary/aromatic N) is 2. The molecule has 0 aliphatic carbocycles. The Bertz CT molecular complexity index is 570. The zero-order valence-electron chi connectivity index (χ0n) is 14.6. The van der Waals surface area contributed by atoms with E-state index in [1.165, 1.54) is 0 Å². The molecule has 2 aliphatic heterocycles. The number of amides is 1. The first kappa shape index (κ1) is 17.2. The molecule has 3 rings (SSSR count). The summed E-state index contributed by atoms with van der Waals surface area (Å²) in [5.74, 6) is 0. The van der Waals surface area contributed by atoms with Crippen LogP contribution in [-0.2, 0) is 15.9 Å². The van der Waals surface area contributed by atoms with Crippen molar-refractivity contribution in [3.8, 4) is 0 Å². The van der Waals surface area contributed by atoms with E-state index in [0.29, 0.717) is 32.5 Å². The maximum Gasteiger partial charge on any atom is 0.410 e. The van der Waals surface area contributed by atoms with Crippen LogP contribution in [0.4, 0.5) is 4.79 Å². The van der Waals surface area contributed by atoms with E-state index in [0.717, 1.165) is 5.69 Å². The maximum atomic E-state index is 12.6. The molecule has 2 saturated heterocycles. The Morgan fingerprint density at radius 2 is 2.04 bits per heavy atom. The van der Waals surface area contributed by atoms with Crippen LogP contribution in [0.5, 0.6) is 0 Å². The summed E-state index contributed by atoms with van der Waals surface area (Å²) in [7, 11) is 0. The highest BCUT2D eigenvalue weighted by molar-refractivity contribution is 5.69. The number of hydrogen-bond donors (Lipinski definition) is 1. The first-order chi connectivity index (χ1) is 11.3. The van der Waals surface area contributed by atoms with Gasteiger partial charge in [0.1, 0.15) is 5.60 Å². The highest BCUT2D eigenvalue weighted by Crippen LogP contribution is 2.37. The van der Waals surface area contributed by atoms with E-state index in [1.54, 1.807) is 11.1 Å². The molecule has 6 heteroatoms. The van der Waals surface area contributed by atoms with Gasteiger partial charge in [-0.25, -0.2) is 4.79 Å². The third-order valence-corrected chi connectivity index (χ3v) is 4.48. The summed E-state index contributed by atoms with van der Waals surface area (Å²) < 4.78 is 11.2. The fourth-order valence-electron chi connectivity index (χ4n) is 3.67. The Kier molecular flexibility index (Phi) is 4.53. The molecule has 24 heavy (non-hydrogen) atoms. The second-order valence-electron chi connectivity index (χ2n) is 7.86. The van der Waals surface area contributed by atoms with E-state index in [-0.39, 0.29) is 18.2 Å². The smallest absolute Gasteiger partial charge is 0.410 e. The quantitative estimate of drug-likeness (QED) is 0.897. The van der Waals surface area contributed by atoms with E-state index in [2.05, 4.69) is 4.98 Å². The van der Waals surface area contributed by atoms with Crippen molar-refractivity contribution in [1.82, 2.24) is 9.88 Å². The molecular weight excluding hydrogens is 308 g/mol. The van der Waals surface area contributed by atoms with Crippen molar-refractivity contribution in [1.29, 1.82) is 0 Å². The monoisotopic (exact) mass is 334 g/mol. The lowest BCUT2D eigenvalue weighted by molar-refractivity contribution is -0.137. The third-order valence-electron chi connectivity index (χ3n) is 4.48. The van der Waals surface area contributed by atoms with E-state index in [4.69, 9.17) is 9.47 Å². The summed E-state index contributed by atoms with van der Waals surface area (Å²) in [6.45, 7) is 6.44. The molecule has 2 unspecified atom stereocenters. The Morgan fingerprint density at radius 1 is 1.38 bits per heavy atom. The Hall–Kier alpha value is -1.66. The van der Waals surface area contributed by atoms with Gasteiger partial charge in [0, 0.05) is 18.3 Å². The van der Waals surface area contributed by atoms with E-state index >= 15 is 0 Å². The number of aromatic nitrogens is 1. The standard InChI is InChI=1S/C18H26N2O4/c1-17(2,3)24-16(21)20-14-9-18(22,10-15(20)12-23-11-14)8-13-6-4-5-7-19-13/h4-7,14-15,22H,8-12H2,1-3H3. The molecule has 1 aromatic rings. The van der Waals surface area contributed by atoms with E-state index in [9.17, 15) is 9.90 Å². The minimum Gasteiger partial charge on any atom is -0.444 e. The number of ether oxygens (including phenoxy) is 2. The molecule has 0 radical (unpaired) electrons. The van der Waals surface area contributed by atoms with Gasteiger partial charge in [-0.3, -0.25) is 9.88 Å². The molecule has 1 N–H and O–H groups in total. The molecule has 0 spiro atoms. The molecule has 1 amide bonds. The van der Waals surface area contributed by atoms with Crippen LogP contribution in [0.1, 0.15) is 39.3 Å². The number of carbonyl (C=O) groups excluding carboxylic acids is 1. The SMILES string of the molecule is CC(C)(C)OC(=O)N1C2COCC1CC(O)(Cc1ccccn1)C2. The highest BCUT2D eigenvalue weighted by Gasteiger charge is 2.49. The van der Waals surface area contributed by atoms with Gasteiger partial charge < -0.3 is 14.6 Å². The second-order valence-corrected chi connectivity index (χ2v) is 7.86. The lowest BCUT2D eigenvalue weighted by atomic mass is 9.78. The van der Waals surface area contributed by atoms with Crippen LogP contribution in [-0.4, -0.2) is 57.6 Å². The molecule has 2 aliphatic rings. The van der Waals surface area contributed by atoms with Gasteiger partial charge in [0.15, 0.2) is 0 Å². The van der Waals surface area contributed by atoms with Crippen molar-refractivity contribution in [3.05, 3.63) is 30.1 Å². The molecule has 2 bridgehead atoms. The van der Waals surface area contributed by atoms with Crippen molar-refractivity contribution in [2.45, 2.75) is 63.3 Å². The molecule has 0 saturated carbocycles. The molecule has 6 nitrogen and oxygen atoms in total. The molecule has 2 fully saturated rings. The minimum absolute atomic E-state index is 0.166. The van der Waals surface area contributed by atoms with Crippen molar-refractivity contribution >= 4 is 6.09 Å². The Morgan fingerprint density at radius 3 is 2.58 bits per heavy atom. The number of aliphatic hydroxyl groups is 1. The summed E-state index contributed by atoms with van der Waals surface area (Å²) in [6, 6.07) is 5.37. The minimum atomic E-state index is -0.869. The largest absolute Gasteiger partial charge is 0.444 e. The van der Waals surface area contributed by atoms with Gasteiger partial charge in [0.2, 0.25) is 0 Å². The van der Waals surface area contributed by atoms with Crippen molar-refractivity contribution in [3.63, 3.8) is 0 Å². The first-order valence-corrected chi connectivity index (χ1v) is 8.47. The first-order valence-electron chi connectivity index (χ1n) is 8.47. The number of fused-ring (bicyclic) bond motifs is 2. The summed E-state index contributed by atoms with van der Waals surface area (Å²) in [5, 5.41) is 11.1. The summed E-state index contributed by atoms with van der Waals surface area (Å²) in [4.78, 5) is 18.6. The van der Waals surface area contributed by atoms with Gasteiger partial charge >= 0.3 is 6.09 Å². The molecular formula is C18H26N2O4. The maximum absolute atomic E-state index is 12.6. The van der Waals surface area contributed by atoms with Crippen LogP contribution in [0.15, 0.2) is 24.4 Å². The Labute approximate surface area is 142 Å². The second kappa shape index (κ2) is 6.33. The number of pyridine rings is 1. The van der Waals surface area contributed by atoms with Crippen LogP contribution in [0.3, 0.4) is 0 Å². The predicted molar refractivity (Wildman–Crippen MR) is 88.6 cm³/mol. The van der Waals surface area contributed by atoms with Gasteiger partial charge in [-0.15, -0.1) is 0 Å². The fraction of sp³-hybridized carbons (Fsp3) is 0.667. The number of morpholine rings is 1. The summed E-state index contributed by atoms with van der Waals surface area (Å²) in [5.41, 5.74) is -0.537. The zero-order chi connectivity index (χ0) is 17.4. The number of carbonyl (C=O) groups is 1. The number of hydrogen-bond acceptors (Lipinski definition) is 5. The molecule has 1 aromatic heterocycles. The highest BCUT2D eigenvalue weighted by atomic mass is 16.6. The van der Waals surface area contributed by atoms with Gasteiger partial charge in [-0.05, 0) is 45.7 Å². The normalized spacial score (nSPS) is 30.1. The van der Waals surface area contributed by atoms with Crippen molar-refractivity contribution in [2.75, 3.05) is 13.2 Å². The van der Waals surface area contributed by atoms with Crippen molar-refractivity contribution < 1.29 is 19.4 Å². The summed E-state index contributed by atoms with van der Waals surface area (Å²) >= 11 is 0. The Balaban J connectivity index is 1.74. The van der Waals surface area contributed by atoms with Gasteiger partial charge in [-0.2, -0.15) is 0 Å². The predicted octanol–water partition coefficient (Wildman–Crippen LogP) is 2.15. The van der Waals surface area contributed by atoms with Gasteiger partial charge in [0.05, 0.1) is 30.9 Å². The van der Waals surface area contributed by atoms with Crippen LogP contribution >= 0.6 is 0 Å². The number of piperidine rings is 1. The molecule has 3 heterocycles. The lowest BCUT2D eigenvalue weighted by Gasteiger charge is -2.51. The zero-order valence-corrected chi connectivity index (χ0v) is 14.6. The lowest BCUT2D eigenvalue weighted by Crippen LogP contribution is -2.64. The van der Waals surface area contributed by atoms with E-state index < -0.39 is 11.2 Å². The molecule has 0 aromatic carbocycles. The average molecular weight is 334 g/mol. The topological polar surface area (TPSA) is 71.9 Å². The van der Waals surface area contributed by atoms with Crippen LogP contribution in [0.2, 0.25) is 0 Å². The molecule has 2 atom stereocenters. The van der Waals surface area contributed by atoms with Crippen molar-refractivity contribution in [2.24, 2.45) is 0 Å². The number of rotatable bonds is 2. The third kappa shape index (κ3) is 3.87. The van der Waals surface area contributed by atoms with E-state index in [1.807, 2.05) is 39.0 Å². The molecule has 132 valence electrons.